The molecule has 20 heavy (non-hydrogen) atoms. The first-order valence-corrected chi connectivity index (χ1v) is 8.78. The van der Waals surface area contributed by atoms with Gasteiger partial charge in [0.05, 0.1) is 13.2 Å². The van der Waals surface area contributed by atoms with Crippen LogP contribution in [0.2, 0.25) is 0 Å². The topological polar surface area (TPSA) is 18.5 Å². The molecule has 112 valence electrons. The van der Waals surface area contributed by atoms with Gasteiger partial charge in [-0.3, -0.25) is 0 Å². The fourth-order valence-electron chi connectivity index (χ4n) is 1.82. The Morgan fingerprint density at radius 2 is 1.65 bits per heavy atom. The van der Waals surface area contributed by atoms with E-state index >= 15 is 0 Å². The van der Waals surface area contributed by atoms with Crippen molar-refractivity contribution in [3.8, 4) is 0 Å². The molecule has 0 heterocycles. The van der Waals surface area contributed by atoms with Crippen molar-refractivity contribution in [2.75, 3.05) is 19.5 Å². The number of ether oxygens (including phenoxy) is 2. The van der Waals surface area contributed by atoms with Gasteiger partial charge in [-0.15, -0.1) is 0 Å². The summed E-state index contributed by atoms with van der Waals surface area (Å²) in [7, 11) is 0. The summed E-state index contributed by atoms with van der Waals surface area (Å²) in [4.78, 5) is 0. The normalized spacial score (nSPS) is 10.4. The largest absolute Gasteiger partial charge is 0.479 e. The fourth-order valence-corrected chi connectivity index (χ4v) is 2.10. The van der Waals surface area contributed by atoms with Crippen LogP contribution in [0.15, 0.2) is 30.3 Å². The van der Waals surface area contributed by atoms with Crippen LogP contribution in [-0.4, -0.2) is 23.9 Å². The monoisotopic (exact) mass is 312 g/mol. The second-order valence-corrected chi connectivity index (χ2v) is 6.02. The maximum atomic E-state index is 5.65. The summed E-state index contributed by atoms with van der Waals surface area (Å²) < 4.78 is 11.7. The zero-order valence-electron chi connectivity index (χ0n) is 12.2. The first-order valence-electron chi connectivity index (χ1n) is 7.15. The molecule has 4 heteroatoms. The number of unbranched alkanes of at least 4 members (excludes halogenated alkanes) is 4. The van der Waals surface area contributed by atoms with Gasteiger partial charge < -0.3 is 9.47 Å². The minimum atomic E-state index is 0.652. The summed E-state index contributed by atoms with van der Waals surface area (Å²) in [6.45, 7) is 2.33. The van der Waals surface area contributed by atoms with Crippen LogP contribution in [0.1, 0.15) is 37.7 Å². The van der Waals surface area contributed by atoms with E-state index in [0.717, 1.165) is 32.7 Å². The molecule has 2 nitrogen and oxygen atoms in total. The van der Waals surface area contributed by atoms with E-state index < -0.39 is 0 Å². The van der Waals surface area contributed by atoms with Gasteiger partial charge in [-0.25, -0.2) is 0 Å². The maximum absolute atomic E-state index is 5.65. The molecule has 0 spiro atoms. The van der Waals surface area contributed by atoms with Crippen molar-refractivity contribution < 1.29 is 9.47 Å². The smallest absolute Gasteiger partial charge is 0.219 e. The molecule has 1 rings (SSSR count). The summed E-state index contributed by atoms with van der Waals surface area (Å²) in [5.74, 6) is 0. The molecule has 0 aliphatic heterocycles. The zero-order valence-corrected chi connectivity index (χ0v) is 13.8. The molecular formula is C16H24O2S2. The van der Waals surface area contributed by atoms with Crippen LogP contribution in [0.5, 0.6) is 0 Å². The molecule has 0 saturated heterocycles. The molecule has 0 amide bonds. The Hall–Kier alpha value is -0.580. The molecule has 1 aromatic carbocycles. The molecule has 0 aliphatic rings. The molecule has 0 saturated carbocycles. The van der Waals surface area contributed by atoms with Gasteiger partial charge in [0.15, 0.2) is 0 Å². The highest BCUT2D eigenvalue weighted by atomic mass is 32.2. The Bertz CT molecular complexity index is 355. The molecule has 1 aromatic rings. The highest BCUT2D eigenvalue weighted by molar-refractivity contribution is 8.22. The van der Waals surface area contributed by atoms with Crippen LogP contribution >= 0.6 is 24.0 Å². The molecule has 0 aliphatic carbocycles. The van der Waals surface area contributed by atoms with E-state index in [1.807, 2.05) is 24.5 Å². The van der Waals surface area contributed by atoms with Crippen LogP contribution in [0.3, 0.4) is 0 Å². The first-order chi connectivity index (χ1) is 9.83. The highest BCUT2D eigenvalue weighted by Crippen LogP contribution is 2.07. The maximum Gasteiger partial charge on any atom is 0.219 e. The minimum absolute atomic E-state index is 0.652. The van der Waals surface area contributed by atoms with Crippen LogP contribution in [0.25, 0.3) is 0 Å². The molecule has 0 atom stereocenters. The van der Waals surface area contributed by atoms with Crippen molar-refractivity contribution in [3.05, 3.63) is 35.9 Å². The zero-order chi connectivity index (χ0) is 14.5. The van der Waals surface area contributed by atoms with Crippen molar-refractivity contribution >= 4 is 28.4 Å². The Kier molecular flexibility index (Phi) is 10.6. The first kappa shape index (κ1) is 17.5. The number of rotatable bonds is 10. The van der Waals surface area contributed by atoms with E-state index in [0.29, 0.717) is 4.38 Å². The molecule has 0 bridgehead atoms. The fraction of sp³-hybridized carbons (Fsp3) is 0.562. The molecule has 0 N–H and O–H groups in total. The van der Waals surface area contributed by atoms with Crippen LogP contribution in [0.4, 0.5) is 0 Å². The summed E-state index contributed by atoms with van der Waals surface area (Å²) in [6.07, 6.45) is 7.84. The van der Waals surface area contributed by atoms with E-state index in [4.69, 9.17) is 21.7 Å². The number of benzene rings is 1. The van der Waals surface area contributed by atoms with Gasteiger partial charge in [0.1, 0.15) is 0 Å². The van der Waals surface area contributed by atoms with Crippen molar-refractivity contribution in [1.82, 2.24) is 0 Å². The molecular weight excluding hydrogens is 288 g/mol. The third kappa shape index (κ3) is 9.34. The van der Waals surface area contributed by atoms with Gasteiger partial charge in [-0.05, 0) is 36.9 Å². The Morgan fingerprint density at radius 1 is 1.00 bits per heavy atom. The highest BCUT2D eigenvalue weighted by Gasteiger charge is 1.96. The predicted octanol–water partition coefficient (Wildman–Crippen LogP) is 4.82. The van der Waals surface area contributed by atoms with Gasteiger partial charge in [0.25, 0.3) is 0 Å². The van der Waals surface area contributed by atoms with Crippen LogP contribution in [0, 0.1) is 0 Å². The molecule has 0 radical (unpaired) electrons. The molecule has 0 fully saturated rings. The van der Waals surface area contributed by atoms with Gasteiger partial charge in [0, 0.05) is 6.61 Å². The van der Waals surface area contributed by atoms with Gasteiger partial charge in [0.2, 0.25) is 4.38 Å². The lowest BCUT2D eigenvalue weighted by Gasteiger charge is -2.06. The third-order valence-corrected chi connectivity index (χ3v) is 4.00. The number of thiocarbonyl (C=S) groups is 1. The number of hydrogen-bond acceptors (Lipinski definition) is 4. The summed E-state index contributed by atoms with van der Waals surface area (Å²) >= 11 is 6.46. The Morgan fingerprint density at radius 3 is 2.35 bits per heavy atom. The lowest BCUT2D eigenvalue weighted by Crippen LogP contribution is -1.99. The van der Waals surface area contributed by atoms with Crippen molar-refractivity contribution in [3.63, 3.8) is 0 Å². The Balaban J connectivity index is 1.82. The average Bonchev–Trinajstić information content (AvgIpc) is 2.50. The summed E-state index contributed by atoms with van der Waals surface area (Å²) in [5.41, 5.74) is 1.24. The van der Waals surface area contributed by atoms with E-state index in [2.05, 4.69) is 12.1 Å². The minimum Gasteiger partial charge on any atom is -0.479 e. The van der Waals surface area contributed by atoms with E-state index in [1.165, 1.54) is 36.6 Å². The Labute approximate surface area is 132 Å². The predicted molar refractivity (Wildman–Crippen MR) is 91.2 cm³/mol. The average molecular weight is 312 g/mol. The van der Waals surface area contributed by atoms with E-state index in [9.17, 15) is 0 Å². The van der Waals surface area contributed by atoms with Crippen molar-refractivity contribution in [2.24, 2.45) is 0 Å². The van der Waals surface area contributed by atoms with Crippen LogP contribution < -0.4 is 0 Å². The second-order valence-electron chi connectivity index (χ2n) is 4.61. The number of thioether (sulfide) groups is 1. The van der Waals surface area contributed by atoms with E-state index in [1.54, 1.807) is 0 Å². The SMILES string of the molecule is CSC(=S)OCCCCCCCOCc1ccccc1. The van der Waals surface area contributed by atoms with Crippen molar-refractivity contribution in [2.45, 2.75) is 38.7 Å². The third-order valence-electron chi connectivity index (χ3n) is 2.93. The lowest BCUT2D eigenvalue weighted by atomic mass is 10.1. The van der Waals surface area contributed by atoms with E-state index in [-0.39, 0.29) is 0 Å². The lowest BCUT2D eigenvalue weighted by molar-refractivity contribution is 0.116. The van der Waals surface area contributed by atoms with Crippen LogP contribution in [-0.2, 0) is 16.1 Å². The molecule has 0 aromatic heterocycles. The quantitative estimate of drug-likeness (QED) is 0.455. The molecule has 0 unspecified atom stereocenters. The number of hydrogen-bond donors (Lipinski definition) is 0. The van der Waals surface area contributed by atoms with Gasteiger partial charge in [-0.2, -0.15) is 0 Å². The summed E-state index contributed by atoms with van der Waals surface area (Å²) in [6, 6.07) is 10.3. The van der Waals surface area contributed by atoms with Gasteiger partial charge >= 0.3 is 0 Å². The van der Waals surface area contributed by atoms with Crippen molar-refractivity contribution in [1.29, 1.82) is 0 Å². The second kappa shape index (κ2) is 12.2. The standard InChI is InChI=1S/C16H24O2S2/c1-20-16(19)18-13-9-4-2-3-8-12-17-14-15-10-6-5-7-11-15/h5-7,10-11H,2-4,8-9,12-14H2,1H3. The van der Waals surface area contributed by atoms with Gasteiger partial charge in [-0.1, -0.05) is 61.4 Å². The summed E-state index contributed by atoms with van der Waals surface area (Å²) in [5, 5.41) is 0.